The molecule has 3 N–H and O–H groups in total. The third-order valence-electron chi connectivity index (χ3n) is 3.74. The molecule has 0 spiro atoms. The molecule has 122 valence electrons. The molecule has 2 unspecified atom stereocenters. The maximum Gasteiger partial charge on any atom is 0.244 e. The third-order valence-corrected chi connectivity index (χ3v) is 5.62. The Morgan fingerprint density at radius 3 is 2.77 bits per heavy atom. The van der Waals surface area contributed by atoms with Crippen LogP contribution in [0.4, 0.5) is 0 Å². The number of aliphatic hydroxyl groups excluding tert-OH is 1. The van der Waals surface area contributed by atoms with Crippen LogP contribution in [0.1, 0.15) is 19.3 Å². The number of ether oxygens (including phenoxy) is 1. The lowest BCUT2D eigenvalue weighted by Gasteiger charge is -2.29. The summed E-state index contributed by atoms with van der Waals surface area (Å²) in [6.07, 6.45) is 0.442. The van der Waals surface area contributed by atoms with Crippen LogP contribution in [0.25, 0.3) is 0 Å². The zero-order valence-corrected chi connectivity index (χ0v) is 13.1. The molecule has 0 bridgehead atoms. The zero-order chi connectivity index (χ0) is 16.3. The predicted octanol–water partition coefficient (Wildman–Crippen LogP) is 0.0846. The molecule has 2 atom stereocenters. The van der Waals surface area contributed by atoms with E-state index in [1.807, 2.05) is 0 Å². The molecule has 1 aliphatic rings. The van der Waals surface area contributed by atoms with Gasteiger partial charge in [-0.15, -0.1) is 0 Å². The average Bonchev–Trinajstić information content (AvgIpc) is 2.69. The van der Waals surface area contributed by atoms with Crippen LogP contribution in [-0.4, -0.2) is 49.5 Å². The molecule has 1 amide bonds. The first-order valence-electron chi connectivity index (χ1n) is 7.01. The van der Waals surface area contributed by atoms with Gasteiger partial charge in [0.25, 0.3) is 0 Å². The maximum absolute atomic E-state index is 12.8. The van der Waals surface area contributed by atoms with E-state index in [4.69, 9.17) is 10.5 Å². The van der Waals surface area contributed by atoms with Crippen LogP contribution in [0, 0.1) is 0 Å². The maximum atomic E-state index is 12.8. The SMILES string of the molecule is COc1cccc(S(=O)(=O)N2CCCCC(O)C2C(N)=O)c1. The summed E-state index contributed by atoms with van der Waals surface area (Å²) < 4.78 is 31.7. The van der Waals surface area contributed by atoms with Crippen molar-refractivity contribution >= 4 is 15.9 Å². The minimum absolute atomic E-state index is 0.00667. The van der Waals surface area contributed by atoms with Crippen molar-refractivity contribution in [2.24, 2.45) is 5.73 Å². The minimum atomic E-state index is -3.95. The van der Waals surface area contributed by atoms with Crippen LogP contribution in [0.5, 0.6) is 5.75 Å². The molecular weight excluding hydrogens is 308 g/mol. The van der Waals surface area contributed by atoms with Gasteiger partial charge in [-0.25, -0.2) is 8.42 Å². The van der Waals surface area contributed by atoms with Crippen molar-refractivity contribution in [1.29, 1.82) is 0 Å². The number of aliphatic hydroxyl groups is 1. The van der Waals surface area contributed by atoms with E-state index < -0.39 is 28.1 Å². The number of benzene rings is 1. The molecule has 1 aromatic carbocycles. The van der Waals surface area contributed by atoms with E-state index >= 15 is 0 Å². The normalized spacial score (nSPS) is 23.7. The highest BCUT2D eigenvalue weighted by molar-refractivity contribution is 7.89. The van der Waals surface area contributed by atoms with E-state index in [2.05, 4.69) is 0 Å². The van der Waals surface area contributed by atoms with E-state index in [1.54, 1.807) is 12.1 Å². The second kappa shape index (κ2) is 6.64. The Hall–Kier alpha value is -1.64. The summed E-state index contributed by atoms with van der Waals surface area (Å²) in [6.45, 7) is 0.143. The number of amides is 1. The van der Waals surface area contributed by atoms with Gasteiger partial charge < -0.3 is 15.6 Å². The van der Waals surface area contributed by atoms with Crippen LogP contribution in [0.3, 0.4) is 0 Å². The summed E-state index contributed by atoms with van der Waals surface area (Å²) in [4.78, 5) is 11.7. The van der Waals surface area contributed by atoms with Crippen molar-refractivity contribution in [3.63, 3.8) is 0 Å². The van der Waals surface area contributed by atoms with Crippen molar-refractivity contribution < 1.29 is 23.1 Å². The van der Waals surface area contributed by atoms with Gasteiger partial charge in [0.15, 0.2) is 0 Å². The second-order valence-electron chi connectivity index (χ2n) is 5.21. The highest BCUT2D eigenvalue weighted by Gasteiger charge is 2.40. The topological polar surface area (TPSA) is 110 Å². The van der Waals surface area contributed by atoms with Crippen molar-refractivity contribution in [2.45, 2.75) is 36.3 Å². The van der Waals surface area contributed by atoms with E-state index in [1.165, 1.54) is 19.2 Å². The van der Waals surface area contributed by atoms with Crippen LogP contribution < -0.4 is 10.5 Å². The lowest BCUT2D eigenvalue weighted by Crippen LogP contribution is -2.53. The number of nitrogens with zero attached hydrogens (tertiary/aromatic N) is 1. The highest BCUT2D eigenvalue weighted by atomic mass is 32.2. The van der Waals surface area contributed by atoms with Crippen molar-refractivity contribution in [3.8, 4) is 5.75 Å². The molecule has 7 nitrogen and oxygen atoms in total. The zero-order valence-electron chi connectivity index (χ0n) is 12.3. The van der Waals surface area contributed by atoms with Gasteiger partial charge >= 0.3 is 0 Å². The molecule has 1 aliphatic heterocycles. The number of carbonyl (C=O) groups excluding carboxylic acids is 1. The molecule has 2 rings (SSSR count). The van der Waals surface area contributed by atoms with Gasteiger partial charge in [-0.1, -0.05) is 6.07 Å². The largest absolute Gasteiger partial charge is 0.497 e. The van der Waals surface area contributed by atoms with Gasteiger partial charge in [-0.2, -0.15) is 4.31 Å². The highest BCUT2D eigenvalue weighted by Crippen LogP contribution is 2.27. The standard InChI is InChI=1S/C14H20N2O5S/c1-21-10-5-4-6-11(9-10)22(19,20)16-8-3-2-7-12(17)13(16)14(15)18/h4-6,9,12-13,17H,2-3,7-8H2,1H3,(H2,15,18). The van der Waals surface area contributed by atoms with Crippen LogP contribution >= 0.6 is 0 Å². The number of sulfonamides is 1. The Morgan fingerprint density at radius 1 is 1.41 bits per heavy atom. The smallest absolute Gasteiger partial charge is 0.244 e. The number of nitrogens with two attached hydrogens (primary N) is 1. The Balaban J connectivity index is 2.46. The fourth-order valence-electron chi connectivity index (χ4n) is 2.61. The Morgan fingerprint density at radius 2 is 2.14 bits per heavy atom. The molecule has 0 aliphatic carbocycles. The monoisotopic (exact) mass is 328 g/mol. The average molecular weight is 328 g/mol. The molecule has 1 heterocycles. The lowest BCUT2D eigenvalue weighted by atomic mass is 10.1. The first-order chi connectivity index (χ1) is 10.4. The molecule has 0 radical (unpaired) electrons. The van der Waals surface area contributed by atoms with Crippen molar-refractivity contribution in [1.82, 2.24) is 4.31 Å². The minimum Gasteiger partial charge on any atom is -0.497 e. The van der Waals surface area contributed by atoms with Gasteiger partial charge in [0.05, 0.1) is 18.1 Å². The van der Waals surface area contributed by atoms with Crippen molar-refractivity contribution in [3.05, 3.63) is 24.3 Å². The van der Waals surface area contributed by atoms with E-state index in [9.17, 15) is 18.3 Å². The molecule has 0 aromatic heterocycles. The van der Waals surface area contributed by atoms with Gasteiger partial charge in [0.2, 0.25) is 15.9 Å². The summed E-state index contributed by atoms with van der Waals surface area (Å²) >= 11 is 0. The number of methoxy groups -OCH3 is 1. The molecule has 1 saturated heterocycles. The second-order valence-corrected chi connectivity index (χ2v) is 7.10. The van der Waals surface area contributed by atoms with E-state index in [0.717, 1.165) is 4.31 Å². The van der Waals surface area contributed by atoms with E-state index in [-0.39, 0.29) is 11.4 Å². The molecule has 1 fully saturated rings. The number of hydrogen-bond donors (Lipinski definition) is 2. The summed E-state index contributed by atoms with van der Waals surface area (Å²) in [5.74, 6) is -0.451. The third kappa shape index (κ3) is 3.23. The van der Waals surface area contributed by atoms with Crippen molar-refractivity contribution in [2.75, 3.05) is 13.7 Å². The number of hydrogen-bond acceptors (Lipinski definition) is 5. The van der Waals surface area contributed by atoms with E-state index in [0.29, 0.717) is 25.0 Å². The summed E-state index contributed by atoms with van der Waals surface area (Å²) in [5, 5.41) is 10.1. The fraction of sp³-hybridized carbons (Fsp3) is 0.500. The molecular formula is C14H20N2O5S. The molecule has 1 aromatic rings. The van der Waals surface area contributed by atoms with Gasteiger partial charge in [-0.3, -0.25) is 4.79 Å². The predicted molar refractivity (Wildman–Crippen MR) is 79.7 cm³/mol. The fourth-order valence-corrected chi connectivity index (χ4v) is 4.31. The molecule has 0 saturated carbocycles. The summed E-state index contributed by atoms with van der Waals surface area (Å²) in [5.41, 5.74) is 5.32. The molecule has 22 heavy (non-hydrogen) atoms. The summed E-state index contributed by atoms with van der Waals surface area (Å²) in [6, 6.07) is 4.73. The lowest BCUT2D eigenvalue weighted by molar-refractivity contribution is -0.124. The van der Waals surface area contributed by atoms with Crippen LogP contribution in [-0.2, 0) is 14.8 Å². The first kappa shape index (κ1) is 16.7. The quantitative estimate of drug-likeness (QED) is 0.813. The van der Waals surface area contributed by atoms with Crippen LogP contribution in [0.15, 0.2) is 29.2 Å². The van der Waals surface area contributed by atoms with Gasteiger partial charge in [0.1, 0.15) is 11.8 Å². The summed E-state index contributed by atoms with van der Waals surface area (Å²) in [7, 11) is -2.51. The number of carbonyl (C=O) groups is 1. The van der Waals surface area contributed by atoms with Gasteiger partial charge in [-0.05, 0) is 31.4 Å². The Bertz CT molecular complexity index is 646. The number of rotatable bonds is 4. The number of primary amides is 1. The molecule has 8 heteroatoms. The van der Waals surface area contributed by atoms with Crippen LogP contribution in [0.2, 0.25) is 0 Å². The van der Waals surface area contributed by atoms with Gasteiger partial charge in [0, 0.05) is 12.6 Å². The first-order valence-corrected chi connectivity index (χ1v) is 8.45. The Labute approximate surface area is 129 Å². The Kier molecular flexibility index (Phi) is 5.05.